The van der Waals surface area contributed by atoms with Gasteiger partial charge in [0.05, 0.1) is 6.10 Å². The average Bonchev–Trinajstić information content (AvgIpc) is 2.33. The zero-order valence-corrected chi connectivity index (χ0v) is 12.2. The summed E-state index contributed by atoms with van der Waals surface area (Å²) >= 11 is 0. The Hall–Kier alpha value is -1.11. The van der Waals surface area contributed by atoms with Crippen molar-refractivity contribution in [3.63, 3.8) is 0 Å². The van der Waals surface area contributed by atoms with Gasteiger partial charge in [0, 0.05) is 0 Å². The fourth-order valence-electron chi connectivity index (χ4n) is 0.924. The van der Waals surface area contributed by atoms with E-state index in [-0.39, 0.29) is 5.75 Å². The van der Waals surface area contributed by atoms with Crippen LogP contribution in [0.15, 0.2) is 24.3 Å². The molecule has 0 bridgehead atoms. The molecular formula is C12H22O5S. The standard InChI is InChI=1S/C8H10O5S.2C2H6/c1-6(9)7-2-4-8(5-3-7)13-14(10,11)12;2*1-2/h2-6,9H,1H3,(H,10,11,12);2*1-2H3. The molecule has 2 N–H and O–H groups in total. The molecule has 0 saturated heterocycles. The molecule has 0 aliphatic heterocycles. The first-order valence-electron chi connectivity index (χ1n) is 5.83. The van der Waals surface area contributed by atoms with Gasteiger partial charge in [-0.05, 0) is 24.6 Å². The number of rotatable bonds is 3. The SMILES string of the molecule is CC.CC.CC(O)c1ccc(OS(=O)(=O)O)cc1. The fraction of sp³-hybridized carbons (Fsp3) is 0.500. The second kappa shape index (κ2) is 9.87. The third-order valence-electron chi connectivity index (χ3n) is 1.56. The summed E-state index contributed by atoms with van der Waals surface area (Å²) in [6.45, 7) is 9.58. The lowest BCUT2D eigenvalue weighted by Crippen LogP contribution is -2.06. The van der Waals surface area contributed by atoms with Gasteiger partial charge in [0.1, 0.15) is 5.75 Å². The zero-order chi connectivity index (χ0) is 14.8. The summed E-state index contributed by atoms with van der Waals surface area (Å²) in [5.74, 6) is -0.00287. The number of aliphatic hydroxyl groups excluding tert-OH is 1. The normalized spacial score (nSPS) is 11.3. The molecule has 0 heterocycles. The van der Waals surface area contributed by atoms with Crippen LogP contribution < -0.4 is 4.18 Å². The van der Waals surface area contributed by atoms with Gasteiger partial charge in [-0.3, -0.25) is 4.55 Å². The number of aliphatic hydroxyl groups is 1. The van der Waals surface area contributed by atoms with E-state index in [1.165, 1.54) is 24.3 Å². The minimum absolute atomic E-state index is 0.00287. The van der Waals surface area contributed by atoms with Gasteiger partial charge >= 0.3 is 10.4 Å². The van der Waals surface area contributed by atoms with E-state index in [0.29, 0.717) is 5.56 Å². The minimum atomic E-state index is -4.47. The van der Waals surface area contributed by atoms with Crippen LogP contribution in [0.3, 0.4) is 0 Å². The van der Waals surface area contributed by atoms with Crippen LogP contribution in [0.25, 0.3) is 0 Å². The average molecular weight is 278 g/mol. The van der Waals surface area contributed by atoms with E-state index in [9.17, 15) is 8.42 Å². The quantitative estimate of drug-likeness (QED) is 0.830. The van der Waals surface area contributed by atoms with E-state index >= 15 is 0 Å². The van der Waals surface area contributed by atoms with Gasteiger partial charge in [-0.2, -0.15) is 8.42 Å². The van der Waals surface area contributed by atoms with Gasteiger partial charge in [-0.25, -0.2) is 0 Å². The highest BCUT2D eigenvalue weighted by atomic mass is 32.3. The van der Waals surface area contributed by atoms with Gasteiger partial charge in [0.25, 0.3) is 0 Å². The predicted molar refractivity (Wildman–Crippen MR) is 71.9 cm³/mol. The molecule has 1 unspecified atom stereocenters. The molecule has 0 aliphatic carbocycles. The van der Waals surface area contributed by atoms with Crippen LogP contribution in [0.1, 0.15) is 46.3 Å². The fourth-order valence-corrected chi connectivity index (χ4v) is 1.28. The third kappa shape index (κ3) is 8.98. The van der Waals surface area contributed by atoms with Crippen molar-refractivity contribution in [2.75, 3.05) is 0 Å². The maximum Gasteiger partial charge on any atom is 0.446 e. The van der Waals surface area contributed by atoms with Gasteiger partial charge in [0.2, 0.25) is 0 Å². The largest absolute Gasteiger partial charge is 0.446 e. The molecule has 0 radical (unpaired) electrons. The van der Waals surface area contributed by atoms with Gasteiger partial charge in [-0.1, -0.05) is 39.8 Å². The van der Waals surface area contributed by atoms with Crippen molar-refractivity contribution < 1.29 is 22.3 Å². The summed E-state index contributed by atoms with van der Waals surface area (Å²) < 4.78 is 33.1. The Morgan fingerprint density at radius 3 is 1.72 bits per heavy atom. The summed E-state index contributed by atoms with van der Waals surface area (Å²) in [6, 6.07) is 5.70. The first-order chi connectivity index (χ1) is 8.38. The molecule has 5 nitrogen and oxygen atoms in total. The molecule has 0 spiro atoms. The molecule has 0 amide bonds. The third-order valence-corrected chi connectivity index (χ3v) is 1.97. The Morgan fingerprint density at radius 1 is 1.06 bits per heavy atom. The lowest BCUT2D eigenvalue weighted by molar-refractivity contribution is 0.199. The van der Waals surface area contributed by atoms with Crippen molar-refractivity contribution in [2.24, 2.45) is 0 Å². The van der Waals surface area contributed by atoms with Crippen molar-refractivity contribution >= 4 is 10.4 Å². The molecule has 1 aromatic rings. The van der Waals surface area contributed by atoms with Crippen LogP contribution >= 0.6 is 0 Å². The molecule has 1 aromatic carbocycles. The molecule has 106 valence electrons. The molecular weight excluding hydrogens is 256 g/mol. The lowest BCUT2D eigenvalue weighted by Gasteiger charge is -2.05. The molecule has 0 aliphatic rings. The topological polar surface area (TPSA) is 83.8 Å². The van der Waals surface area contributed by atoms with Crippen LogP contribution in [0.5, 0.6) is 5.75 Å². The summed E-state index contributed by atoms with van der Waals surface area (Å²) in [7, 11) is -4.47. The molecule has 1 rings (SSSR count). The highest BCUT2D eigenvalue weighted by molar-refractivity contribution is 7.81. The zero-order valence-electron chi connectivity index (χ0n) is 11.4. The Kier molecular flexibility index (Phi) is 10.6. The smallest absolute Gasteiger partial charge is 0.389 e. The second-order valence-electron chi connectivity index (χ2n) is 2.76. The van der Waals surface area contributed by atoms with E-state index in [0.717, 1.165) is 0 Å². The van der Waals surface area contributed by atoms with Gasteiger partial charge in [0.15, 0.2) is 0 Å². The Balaban J connectivity index is 0. The maximum atomic E-state index is 10.3. The van der Waals surface area contributed by atoms with Crippen molar-refractivity contribution in [1.29, 1.82) is 0 Å². The van der Waals surface area contributed by atoms with Crippen LogP contribution in [0.2, 0.25) is 0 Å². The van der Waals surface area contributed by atoms with Crippen LogP contribution in [0, 0.1) is 0 Å². The van der Waals surface area contributed by atoms with Gasteiger partial charge < -0.3 is 9.29 Å². The first kappa shape index (κ1) is 19.2. The monoisotopic (exact) mass is 278 g/mol. The summed E-state index contributed by atoms with van der Waals surface area (Å²) in [6.07, 6.45) is -0.630. The first-order valence-corrected chi connectivity index (χ1v) is 7.20. The Bertz CT molecular complexity index is 395. The van der Waals surface area contributed by atoms with E-state index in [1.54, 1.807) is 6.92 Å². The molecule has 0 saturated carbocycles. The van der Waals surface area contributed by atoms with Crippen molar-refractivity contribution in [1.82, 2.24) is 0 Å². The number of hydrogen-bond acceptors (Lipinski definition) is 4. The highest BCUT2D eigenvalue weighted by Gasteiger charge is 2.07. The second-order valence-corrected chi connectivity index (χ2v) is 3.78. The van der Waals surface area contributed by atoms with E-state index < -0.39 is 16.5 Å². The minimum Gasteiger partial charge on any atom is -0.389 e. The van der Waals surface area contributed by atoms with Crippen LogP contribution in [-0.2, 0) is 10.4 Å². The summed E-state index contributed by atoms with van der Waals surface area (Å²) in [5.41, 5.74) is 0.632. The van der Waals surface area contributed by atoms with Crippen LogP contribution in [-0.4, -0.2) is 18.1 Å². The van der Waals surface area contributed by atoms with Crippen molar-refractivity contribution in [2.45, 2.75) is 40.7 Å². The molecule has 18 heavy (non-hydrogen) atoms. The molecule has 0 fully saturated rings. The number of hydrogen-bond donors (Lipinski definition) is 2. The highest BCUT2D eigenvalue weighted by Crippen LogP contribution is 2.17. The van der Waals surface area contributed by atoms with E-state index in [2.05, 4.69) is 4.18 Å². The lowest BCUT2D eigenvalue weighted by atomic mass is 10.1. The van der Waals surface area contributed by atoms with Crippen molar-refractivity contribution in [3.05, 3.63) is 29.8 Å². The Labute approximate surface area is 109 Å². The molecule has 1 atom stereocenters. The Morgan fingerprint density at radius 2 is 1.44 bits per heavy atom. The summed E-state index contributed by atoms with van der Waals surface area (Å²) in [5, 5.41) is 9.14. The van der Waals surface area contributed by atoms with Crippen molar-refractivity contribution in [3.8, 4) is 5.75 Å². The van der Waals surface area contributed by atoms with Crippen LogP contribution in [0.4, 0.5) is 0 Å². The van der Waals surface area contributed by atoms with E-state index in [1.807, 2.05) is 27.7 Å². The van der Waals surface area contributed by atoms with E-state index in [4.69, 9.17) is 9.66 Å². The molecule has 0 aromatic heterocycles. The predicted octanol–water partition coefficient (Wildman–Crippen LogP) is 2.97. The van der Waals surface area contributed by atoms with Gasteiger partial charge in [-0.15, -0.1) is 0 Å². The molecule has 6 heteroatoms. The number of benzene rings is 1. The maximum absolute atomic E-state index is 10.3. The summed E-state index contributed by atoms with van der Waals surface area (Å²) in [4.78, 5) is 0.